The fourth-order valence-corrected chi connectivity index (χ4v) is 7.83. The Morgan fingerprint density at radius 1 is 1.12 bits per heavy atom. The maximum Gasteiger partial charge on any atom is 0.255 e. The quantitative estimate of drug-likeness (QED) is 0.608. The minimum Gasteiger partial charge on any atom is -0.396 e. The fraction of sp³-hybridized carbons (Fsp3) is 0.364. The molecule has 0 aromatic heterocycles. The van der Waals surface area contributed by atoms with E-state index in [1.807, 2.05) is 0 Å². The Bertz CT molecular complexity index is 1230. The fourth-order valence-electron chi connectivity index (χ4n) is 4.94. The van der Waals surface area contributed by atoms with Crippen molar-refractivity contribution < 1.29 is 36.3 Å². The lowest BCUT2D eigenvalue weighted by molar-refractivity contribution is -0.128. The van der Waals surface area contributed by atoms with E-state index in [0.29, 0.717) is 25.0 Å². The van der Waals surface area contributed by atoms with Crippen LogP contribution in [0.15, 0.2) is 35.2 Å². The highest BCUT2D eigenvalue weighted by Crippen LogP contribution is 2.49. The summed E-state index contributed by atoms with van der Waals surface area (Å²) in [5, 5.41) is 10.8. The molecule has 2 aliphatic carbocycles. The van der Waals surface area contributed by atoms with Crippen LogP contribution < -0.4 is 5.32 Å². The van der Waals surface area contributed by atoms with Gasteiger partial charge in [-0.05, 0) is 42.9 Å². The van der Waals surface area contributed by atoms with Gasteiger partial charge < -0.3 is 10.4 Å². The van der Waals surface area contributed by atoms with Gasteiger partial charge in [0.25, 0.3) is 5.91 Å². The summed E-state index contributed by atoms with van der Waals surface area (Å²) in [7, 11) is -4.09. The van der Waals surface area contributed by atoms with Gasteiger partial charge in [-0.15, -0.1) is 0 Å². The van der Waals surface area contributed by atoms with Crippen LogP contribution in [0.5, 0.6) is 0 Å². The Hall–Kier alpha value is -2.43. The number of Topliss-reactive ketones (excluding diaryl/α,β-unsaturated/α-hetero) is 1. The Kier molecular flexibility index (Phi) is 6.28. The van der Waals surface area contributed by atoms with Gasteiger partial charge in [-0.3, -0.25) is 9.59 Å². The average molecular weight is 502 g/mol. The number of amides is 1. The number of aliphatic hydroxyl groups is 1. The van der Waals surface area contributed by atoms with Crippen molar-refractivity contribution in [1.82, 2.24) is 0 Å². The molecular formula is C22H19ClF3NO5S. The molecule has 6 nitrogen and oxygen atoms in total. The molecule has 0 heterocycles. The van der Waals surface area contributed by atoms with Crippen LogP contribution in [0.1, 0.15) is 29.6 Å². The molecule has 2 aromatic rings. The molecular weight excluding hydrogens is 483 g/mol. The van der Waals surface area contributed by atoms with Crippen molar-refractivity contribution in [2.24, 2.45) is 17.8 Å². The van der Waals surface area contributed by atoms with Crippen molar-refractivity contribution in [3.05, 3.63) is 58.4 Å². The highest BCUT2D eigenvalue weighted by molar-refractivity contribution is 7.92. The third-order valence-corrected chi connectivity index (χ3v) is 9.29. The molecule has 2 saturated carbocycles. The van der Waals surface area contributed by atoms with Crippen LogP contribution in [0, 0.1) is 35.2 Å². The molecule has 2 bridgehead atoms. The monoisotopic (exact) mass is 501 g/mol. The van der Waals surface area contributed by atoms with Crippen LogP contribution in [0.25, 0.3) is 0 Å². The molecule has 2 aromatic carbocycles. The van der Waals surface area contributed by atoms with Gasteiger partial charge in [0.2, 0.25) is 0 Å². The first-order chi connectivity index (χ1) is 15.5. The lowest BCUT2D eigenvalue weighted by Crippen LogP contribution is -2.44. The number of carbonyl (C=O) groups is 2. The molecule has 2 aliphatic rings. The first-order valence-corrected chi connectivity index (χ1v) is 12.1. The number of ketones is 1. The number of anilines is 1. The molecule has 4 atom stereocenters. The summed E-state index contributed by atoms with van der Waals surface area (Å²) < 4.78 is 67.1. The molecule has 0 saturated heterocycles. The molecule has 33 heavy (non-hydrogen) atoms. The van der Waals surface area contributed by atoms with Crippen molar-refractivity contribution in [1.29, 1.82) is 0 Å². The highest BCUT2D eigenvalue weighted by Gasteiger charge is 2.54. The van der Waals surface area contributed by atoms with E-state index in [9.17, 15) is 36.3 Å². The standard InChI is InChI=1S/C22H19ClF3NO5S/c23-15-4-2-11(22(30)27-12-7-16(24)20(26)17(25)8-12)6-19(15)33(31,32)21-10-1-3-13(21)14(9-28)18(29)5-10/h2,4,6-8,10,13-14,21,28H,1,3,5,9H2,(H,27,30)/t10?,13?,14-,21+/m1/s1. The van der Waals surface area contributed by atoms with E-state index in [1.54, 1.807) is 0 Å². The van der Waals surface area contributed by atoms with E-state index >= 15 is 0 Å². The van der Waals surface area contributed by atoms with Crippen molar-refractivity contribution >= 4 is 38.8 Å². The van der Waals surface area contributed by atoms with Crippen molar-refractivity contribution in [2.45, 2.75) is 29.4 Å². The molecule has 11 heteroatoms. The Balaban J connectivity index is 1.66. The van der Waals surface area contributed by atoms with Gasteiger partial charge in [0.15, 0.2) is 27.3 Å². The number of nitrogens with one attached hydrogen (secondary N) is 1. The zero-order valence-electron chi connectivity index (χ0n) is 17.0. The zero-order chi connectivity index (χ0) is 24.1. The van der Waals surface area contributed by atoms with Crippen molar-refractivity contribution in [3.8, 4) is 0 Å². The second-order valence-corrected chi connectivity index (χ2v) is 10.8. The second-order valence-electron chi connectivity index (χ2n) is 8.32. The first-order valence-electron chi connectivity index (χ1n) is 10.2. The predicted molar refractivity (Wildman–Crippen MR) is 113 cm³/mol. The molecule has 0 aliphatic heterocycles. The van der Waals surface area contributed by atoms with E-state index in [2.05, 4.69) is 5.32 Å². The SMILES string of the molecule is O=C(Nc1cc(F)c(F)c(F)c1)c1ccc(Cl)c(S(=O)(=O)[C@H]2C3CCC2[C@@H](CO)C(=O)C3)c1. The molecule has 2 fully saturated rings. The predicted octanol–water partition coefficient (Wildman–Crippen LogP) is 3.76. The molecule has 2 N–H and O–H groups in total. The molecule has 1 amide bonds. The summed E-state index contributed by atoms with van der Waals surface area (Å²) in [6.45, 7) is -0.441. The van der Waals surface area contributed by atoms with Crippen LogP contribution in [-0.2, 0) is 14.6 Å². The number of fused-ring (bicyclic) bond motifs is 2. The lowest BCUT2D eigenvalue weighted by Gasteiger charge is -2.34. The maximum absolute atomic E-state index is 13.5. The summed E-state index contributed by atoms with van der Waals surface area (Å²) in [5.41, 5.74) is -0.508. The maximum atomic E-state index is 13.5. The summed E-state index contributed by atoms with van der Waals surface area (Å²) in [5.74, 6) is -7.44. The van der Waals surface area contributed by atoms with E-state index in [0.717, 1.165) is 6.07 Å². The summed E-state index contributed by atoms with van der Waals surface area (Å²) >= 11 is 6.17. The lowest BCUT2D eigenvalue weighted by atomic mass is 9.79. The minimum atomic E-state index is -4.09. The van der Waals surface area contributed by atoms with Crippen molar-refractivity contribution in [2.75, 3.05) is 11.9 Å². The van der Waals surface area contributed by atoms with E-state index in [4.69, 9.17) is 11.6 Å². The molecule has 0 radical (unpaired) electrons. The summed E-state index contributed by atoms with van der Waals surface area (Å²) in [4.78, 5) is 24.5. The Morgan fingerprint density at radius 3 is 2.42 bits per heavy atom. The third kappa shape index (κ3) is 4.15. The molecule has 0 spiro atoms. The van der Waals surface area contributed by atoms with Crippen LogP contribution in [0.3, 0.4) is 0 Å². The number of sulfone groups is 1. The van der Waals surface area contributed by atoms with Crippen LogP contribution in [0.4, 0.5) is 18.9 Å². The number of rotatable bonds is 5. The third-order valence-electron chi connectivity index (χ3n) is 6.45. The van der Waals surface area contributed by atoms with Gasteiger partial charge in [0.05, 0.1) is 21.8 Å². The molecule has 176 valence electrons. The van der Waals surface area contributed by atoms with E-state index < -0.39 is 62.8 Å². The number of halogens is 4. The van der Waals surface area contributed by atoms with Gasteiger partial charge in [0.1, 0.15) is 5.78 Å². The van der Waals surface area contributed by atoms with Crippen LogP contribution >= 0.6 is 11.6 Å². The normalized spacial score (nSPS) is 24.7. The molecule has 2 unspecified atom stereocenters. The van der Waals surface area contributed by atoms with Crippen LogP contribution in [-0.4, -0.2) is 37.1 Å². The second kappa shape index (κ2) is 8.73. The smallest absolute Gasteiger partial charge is 0.255 e. The number of hydrogen-bond acceptors (Lipinski definition) is 5. The molecule has 4 rings (SSSR count). The number of hydrogen-bond donors (Lipinski definition) is 2. The summed E-state index contributed by atoms with van der Waals surface area (Å²) in [6, 6.07) is 4.70. The van der Waals surface area contributed by atoms with E-state index in [-0.39, 0.29) is 33.4 Å². The summed E-state index contributed by atoms with van der Waals surface area (Å²) in [6.07, 6.45) is 1.05. The Morgan fingerprint density at radius 2 is 1.79 bits per heavy atom. The average Bonchev–Trinajstić information content (AvgIpc) is 3.09. The zero-order valence-corrected chi connectivity index (χ0v) is 18.6. The van der Waals surface area contributed by atoms with Gasteiger partial charge in [0, 0.05) is 35.7 Å². The van der Waals surface area contributed by atoms with Crippen molar-refractivity contribution in [3.63, 3.8) is 0 Å². The first kappa shape index (κ1) is 23.7. The minimum absolute atomic E-state index is 0.0467. The van der Waals surface area contributed by atoms with E-state index in [1.165, 1.54) is 12.1 Å². The van der Waals surface area contributed by atoms with Gasteiger partial charge in [-0.1, -0.05) is 11.6 Å². The van der Waals surface area contributed by atoms with Gasteiger partial charge >= 0.3 is 0 Å². The van der Waals surface area contributed by atoms with Gasteiger partial charge in [-0.2, -0.15) is 0 Å². The number of benzene rings is 2. The van der Waals surface area contributed by atoms with Crippen LogP contribution in [0.2, 0.25) is 5.02 Å². The largest absolute Gasteiger partial charge is 0.396 e. The number of aliphatic hydroxyl groups excluding tert-OH is 1. The topological polar surface area (TPSA) is 101 Å². The number of carbonyl (C=O) groups excluding carboxylic acids is 2. The Labute approximate surface area is 192 Å². The van der Waals surface area contributed by atoms with Gasteiger partial charge in [-0.25, -0.2) is 21.6 Å². The highest BCUT2D eigenvalue weighted by atomic mass is 35.5.